The van der Waals surface area contributed by atoms with Crippen LogP contribution in [0.1, 0.15) is 70.3 Å². The standard InChI is InChI=1S/C19H28N2O3/c1-2-3-4-5-6-10-13-18(22)21-20-17(14-15-19(23)24)16-11-8-7-9-12-16/h7-9,11-12H,2-6,10,13-15H2,1H3,(H,21,22)(H,23,24). The number of benzene rings is 1. The maximum Gasteiger partial charge on any atom is 0.303 e. The predicted molar refractivity (Wildman–Crippen MR) is 96.0 cm³/mol. The molecule has 0 unspecified atom stereocenters. The zero-order valence-electron chi connectivity index (χ0n) is 14.5. The molecule has 5 heteroatoms. The van der Waals surface area contributed by atoms with Crippen LogP contribution in [0.25, 0.3) is 0 Å². The Morgan fingerprint density at radius 1 is 0.958 bits per heavy atom. The molecule has 0 aliphatic carbocycles. The van der Waals surface area contributed by atoms with E-state index in [0.29, 0.717) is 12.1 Å². The lowest BCUT2D eigenvalue weighted by Gasteiger charge is -2.06. The molecule has 1 amide bonds. The average molecular weight is 332 g/mol. The zero-order chi connectivity index (χ0) is 17.6. The monoisotopic (exact) mass is 332 g/mol. The molecule has 0 aliphatic heterocycles. The number of amides is 1. The van der Waals surface area contributed by atoms with Gasteiger partial charge in [-0.3, -0.25) is 9.59 Å². The Bertz CT molecular complexity index is 527. The van der Waals surface area contributed by atoms with Crippen molar-refractivity contribution in [3.63, 3.8) is 0 Å². The molecule has 1 rings (SSSR count). The topological polar surface area (TPSA) is 78.8 Å². The third-order valence-corrected chi connectivity index (χ3v) is 3.76. The summed E-state index contributed by atoms with van der Waals surface area (Å²) in [6, 6.07) is 9.34. The van der Waals surface area contributed by atoms with Gasteiger partial charge in [0.25, 0.3) is 0 Å². The average Bonchev–Trinajstić information content (AvgIpc) is 2.58. The Hall–Kier alpha value is -2.17. The number of carboxylic acids is 1. The van der Waals surface area contributed by atoms with Gasteiger partial charge in [0.05, 0.1) is 12.1 Å². The summed E-state index contributed by atoms with van der Waals surface area (Å²) < 4.78 is 0. The summed E-state index contributed by atoms with van der Waals surface area (Å²) in [6.45, 7) is 2.18. The highest BCUT2D eigenvalue weighted by atomic mass is 16.4. The van der Waals surface area contributed by atoms with Crippen molar-refractivity contribution < 1.29 is 14.7 Å². The summed E-state index contributed by atoms with van der Waals surface area (Å²) >= 11 is 0. The van der Waals surface area contributed by atoms with Gasteiger partial charge in [-0.15, -0.1) is 0 Å². The van der Waals surface area contributed by atoms with E-state index in [4.69, 9.17) is 5.11 Å². The molecule has 0 atom stereocenters. The van der Waals surface area contributed by atoms with Gasteiger partial charge in [-0.1, -0.05) is 69.4 Å². The van der Waals surface area contributed by atoms with E-state index in [-0.39, 0.29) is 18.7 Å². The van der Waals surface area contributed by atoms with Gasteiger partial charge in [-0.05, 0) is 12.0 Å². The first-order chi connectivity index (χ1) is 11.6. The number of hydrogen-bond donors (Lipinski definition) is 2. The SMILES string of the molecule is CCCCCCCCC(=O)NN=C(CCC(=O)O)c1ccccc1. The van der Waals surface area contributed by atoms with Crippen molar-refractivity contribution in [2.24, 2.45) is 5.10 Å². The maximum absolute atomic E-state index is 11.9. The van der Waals surface area contributed by atoms with Crippen molar-refractivity contribution in [2.75, 3.05) is 0 Å². The number of hydrogen-bond acceptors (Lipinski definition) is 3. The summed E-state index contributed by atoms with van der Waals surface area (Å²) in [5.41, 5.74) is 3.99. The van der Waals surface area contributed by atoms with Crippen LogP contribution >= 0.6 is 0 Å². The molecule has 1 aromatic carbocycles. The van der Waals surface area contributed by atoms with Gasteiger partial charge in [0.2, 0.25) is 5.91 Å². The minimum atomic E-state index is -0.878. The molecule has 0 spiro atoms. The third-order valence-electron chi connectivity index (χ3n) is 3.76. The Morgan fingerprint density at radius 2 is 1.62 bits per heavy atom. The second kappa shape index (κ2) is 12.3. The van der Waals surface area contributed by atoms with E-state index >= 15 is 0 Å². The molecule has 0 saturated carbocycles. The number of unbranched alkanes of at least 4 members (excludes halogenated alkanes) is 5. The minimum absolute atomic E-state index is 0.0129. The summed E-state index contributed by atoms with van der Waals surface area (Å²) in [7, 11) is 0. The Morgan fingerprint density at radius 3 is 2.29 bits per heavy atom. The molecule has 0 aliphatic rings. The number of hydrazone groups is 1. The van der Waals surface area contributed by atoms with E-state index in [1.54, 1.807) is 0 Å². The van der Waals surface area contributed by atoms with E-state index < -0.39 is 5.97 Å². The van der Waals surface area contributed by atoms with Crippen LogP contribution in [0.4, 0.5) is 0 Å². The first kappa shape index (κ1) is 19.9. The lowest BCUT2D eigenvalue weighted by molar-refractivity contribution is -0.136. The van der Waals surface area contributed by atoms with Crippen LogP contribution < -0.4 is 5.43 Å². The molecule has 132 valence electrons. The van der Waals surface area contributed by atoms with Crippen molar-refractivity contribution >= 4 is 17.6 Å². The molecule has 0 radical (unpaired) electrons. The van der Waals surface area contributed by atoms with Crippen molar-refractivity contribution in [1.82, 2.24) is 5.43 Å². The number of aliphatic carboxylic acids is 1. The van der Waals surface area contributed by atoms with E-state index in [0.717, 1.165) is 24.8 Å². The van der Waals surface area contributed by atoms with Crippen molar-refractivity contribution in [3.8, 4) is 0 Å². The molecule has 5 nitrogen and oxygen atoms in total. The second-order valence-electron chi connectivity index (χ2n) is 5.87. The highest BCUT2D eigenvalue weighted by Gasteiger charge is 2.08. The summed E-state index contributed by atoms with van der Waals surface area (Å²) in [4.78, 5) is 22.7. The van der Waals surface area contributed by atoms with Crippen LogP contribution in [0.5, 0.6) is 0 Å². The van der Waals surface area contributed by atoms with Gasteiger partial charge >= 0.3 is 5.97 Å². The van der Waals surface area contributed by atoms with Crippen LogP contribution in [0.3, 0.4) is 0 Å². The van der Waals surface area contributed by atoms with Crippen LogP contribution in [0, 0.1) is 0 Å². The number of nitrogens with zero attached hydrogens (tertiary/aromatic N) is 1. The molecule has 0 aromatic heterocycles. The van der Waals surface area contributed by atoms with Crippen LogP contribution in [0.15, 0.2) is 35.4 Å². The number of carbonyl (C=O) groups excluding carboxylic acids is 1. The second-order valence-corrected chi connectivity index (χ2v) is 5.87. The fourth-order valence-electron chi connectivity index (χ4n) is 2.37. The Labute approximate surface area is 144 Å². The molecule has 24 heavy (non-hydrogen) atoms. The minimum Gasteiger partial charge on any atom is -0.481 e. The number of carboxylic acid groups (broad SMARTS) is 1. The largest absolute Gasteiger partial charge is 0.481 e. The predicted octanol–water partition coefficient (Wildman–Crippen LogP) is 4.12. The van der Waals surface area contributed by atoms with Gasteiger partial charge in [0, 0.05) is 12.8 Å². The van der Waals surface area contributed by atoms with E-state index in [1.165, 1.54) is 19.3 Å². The molecule has 0 saturated heterocycles. The molecule has 0 bridgehead atoms. The number of rotatable bonds is 12. The van der Waals surface area contributed by atoms with Gasteiger partial charge in [0.1, 0.15) is 0 Å². The van der Waals surface area contributed by atoms with E-state index in [2.05, 4.69) is 17.5 Å². The van der Waals surface area contributed by atoms with Crippen LogP contribution in [0.2, 0.25) is 0 Å². The maximum atomic E-state index is 11.9. The van der Waals surface area contributed by atoms with Gasteiger partial charge in [0.15, 0.2) is 0 Å². The smallest absolute Gasteiger partial charge is 0.303 e. The molecule has 0 fully saturated rings. The Kier molecular flexibility index (Phi) is 10.2. The highest BCUT2D eigenvalue weighted by molar-refractivity contribution is 6.02. The summed E-state index contributed by atoms with van der Waals surface area (Å²) in [6.07, 6.45) is 7.51. The molecule has 2 N–H and O–H groups in total. The number of carbonyl (C=O) groups is 2. The third kappa shape index (κ3) is 9.08. The van der Waals surface area contributed by atoms with Crippen molar-refractivity contribution in [2.45, 2.75) is 64.7 Å². The van der Waals surface area contributed by atoms with Crippen LogP contribution in [-0.2, 0) is 9.59 Å². The van der Waals surface area contributed by atoms with E-state index in [1.807, 2.05) is 30.3 Å². The molecular formula is C19H28N2O3. The summed E-state index contributed by atoms with van der Waals surface area (Å²) in [5, 5.41) is 13.0. The van der Waals surface area contributed by atoms with Gasteiger partial charge < -0.3 is 5.11 Å². The highest BCUT2D eigenvalue weighted by Crippen LogP contribution is 2.08. The lowest BCUT2D eigenvalue weighted by Crippen LogP contribution is -2.20. The zero-order valence-corrected chi connectivity index (χ0v) is 14.5. The Balaban J connectivity index is 2.45. The molecule has 1 aromatic rings. The van der Waals surface area contributed by atoms with Crippen molar-refractivity contribution in [3.05, 3.63) is 35.9 Å². The summed E-state index contributed by atoms with van der Waals surface area (Å²) in [5.74, 6) is -0.994. The quantitative estimate of drug-likeness (QED) is 0.343. The first-order valence-electron chi connectivity index (χ1n) is 8.76. The van der Waals surface area contributed by atoms with E-state index in [9.17, 15) is 9.59 Å². The fraction of sp³-hybridized carbons (Fsp3) is 0.526. The number of nitrogens with one attached hydrogen (secondary N) is 1. The molecular weight excluding hydrogens is 304 g/mol. The normalized spacial score (nSPS) is 11.3. The lowest BCUT2D eigenvalue weighted by atomic mass is 10.1. The molecule has 0 heterocycles. The van der Waals surface area contributed by atoms with Gasteiger partial charge in [-0.25, -0.2) is 5.43 Å². The fourth-order valence-corrected chi connectivity index (χ4v) is 2.37. The van der Waals surface area contributed by atoms with Crippen LogP contribution in [-0.4, -0.2) is 22.7 Å². The van der Waals surface area contributed by atoms with Gasteiger partial charge in [-0.2, -0.15) is 5.10 Å². The first-order valence-corrected chi connectivity index (χ1v) is 8.76. The van der Waals surface area contributed by atoms with Crippen molar-refractivity contribution in [1.29, 1.82) is 0 Å².